The summed E-state index contributed by atoms with van der Waals surface area (Å²) in [6.07, 6.45) is 3.41. The van der Waals surface area contributed by atoms with E-state index in [0.717, 1.165) is 31.2 Å². The highest BCUT2D eigenvalue weighted by Gasteiger charge is 2.45. The molecule has 1 N–H and O–H groups in total. The van der Waals surface area contributed by atoms with Crippen LogP contribution in [0, 0.1) is 5.82 Å². The molecular weight excluding hydrogens is 311 g/mol. The summed E-state index contributed by atoms with van der Waals surface area (Å²) in [4.78, 5) is 28.1. The van der Waals surface area contributed by atoms with E-state index in [1.807, 2.05) is 6.07 Å². The molecule has 1 aromatic rings. The van der Waals surface area contributed by atoms with Crippen molar-refractivity contribution in [3.05, 3.63) is 35.6 Å². The average molecular weight is 334 g/mol. The number of halogens is 1. The van der Waals surface area contributed by atoms with E-state index in [2.05, 4.69) is 0 Å². The normalized spacial score (nSPS) is 20.2. The summed E-state index contributed by atoms with van der Waals surface area (Å²) in [5, 5.41) is 8.94. The van der Waals surface area contributed by atoms with E-state index in [1.165, 1.54) is 12.1 Å². The number of carbonyl (C=O) groups is 2. The predicted octanol–water partition coefficient (Wildman–Crippen LogP) is 1.30. The van der Waals surface area contributed by atoms with Crippen LogP contribution in [0.2, 0.25) is 0 Å². The minimum absolute atomic E-state index is 0.0432. The molecule has 130 valence electrons. The maximum atomic E-state index is 13.7. The van der Waals surface area contributed by atoms with Gasteiger partial charge in [0, 0.05) is 26.2 Å². The lowest BCUT2D eigenvalue weighted by atomic mass is 9.77. The third kappa shape index (κ3) is 3.02. The summed E-state index contributed by atoms with van der Waals surface area (Å²) in [6, 6.07) is 6.39. The van der Waals surface area contributed by atoms with Crippen molar-refractivity contribution in [2.75, 3.05) is 32.8 Å². The van der Waals surface area contributed by atoms with Gasteiger partial charge in [0.25, 0.3) is 0 Å². The molecule has 1 saturated carbocycles. The van der Waals surface area contributed by atoms with Crippen LogP contribution in [0.3, 0.4) is 0 Å². The molecule has 6 heteroatoms. The minimum Gasteiger partial charge on any atom is -0.387 e. The number of hydrogen-bond acceptors (Lipinski definition) is 3. The van der Waals surface area contributed by atoms with E-state index < -0.39 is 12.0 Å². The lowest BCUT2D eigenvalue weighted by Crippen LogP contribution is -2.55. The molecule has 0 unspecified atom stereocenters. The molecule has 0 atom stereocenters. The summed E-state index contributed by atoms with van der Waals surface area (Å²) >= 11 is 0. The molecule has 2 aliphatic rings. The minimum atomic E-state index is -0.634. The van der Waals surface area contributed by atoms with Crippen LogP contribution in [-0.2, 0) is 15.0 Å². The molecule has 1 heterocycles. The number of carbonyl (C=O) groups excluding carboxylic acids is 2. The first-order valence-corrected chi connectivity index (χ1v) is 8.51. The fraction of sp³-hybridized carbons (Fsp3) is 0.556. The fourth-order valence-corrected chi connectivity index (χ4v) is 3.95. The van der Waals surface area contributed by atoms with Crippen LogP contribution in [0.1, 0.15) is 31.2 Å². The lowest BCUT2D eigenvalue weighted by Gasteiger charge is -2.40. The zero-order chi connectivity index (χ0) is 17.2. The molecule has 2 fully saturated rings. The molecule has 0 radical (unpaired) electrons. The largest absolute Gasteiger partial charge is 0.387 e. The van der Waals surface area contributed by atoms with Crippen LogP contribution in [0.4, 0.5) is 4.39 Å². The van der Waals surface area contributed by atoms with Crippen LogP contribution in [0.5, 0.6) is 0 Å². The van der Waals surface area contributed by atoms with Gasteiger partial charge in [-0.3, -0.25) is 9.59 Å². The molecular formula is C18H23FN2O3. The Bertz CT molecular complexity index is 620. The molecule has 24 heavy (non-hydrogen) atoms. The topological polar surface area (TPSA) is 60.9 Å². The second-order valence-electron chi connectivity index (χ2n) is 6.63. The van der Waals surface area contributed by atoms with Gasteiger partial charge < -0.3 is 14.9 Å². The molecule has 1 aliphatic carbocycles. The number of amides is 2. The Balaban J connectivity index is 1.78. The van der Waals surface area contributed by atoms with Crippen LogP contribution >= 0.6 is 0 Å². The van der Waals surface area contributed by atoms with Crippen molar-refractivity contribution < 1.29 is 19.1 Å². The van der Waals surface area contributed by atoms with Gasteiger partial charge in [0.2, 0.25) is 11.8 Å². The van der Waals surface area contributed by atoms with E-state index in [0.29, 0.717) is 26.2 Å². The van der Waals surface area contributed by atoms with Crippen molar-refractivity contribution >= 4 is 11.8 Å². The zero-order valence-corrected chi connectivity index (χ0v) is 13.7. The van der Waals surface area contributed by atoms with Gasteiger partial charge >= 0.3 is 0 Å². The summed E-state index contributed by atoms with van der Waals surface area (Å²) in [5.41, 5.74) is 0.129. The Labute approximate surface area is 141 Å². The fourth-order valence-electron chi connectivity index (χ4n) is 3.95. The standard InChI is InChI=1S/C18H23FN2O3/c19-15-5-3-4-14(12-15)18(6-1-2-7-18)17(24)21-10-8-20(9-11-21)16(23)13-22/h3-5,12,22H,1-2,6-11,13H2. The van der Waals surface area contributed by atoms with Crippen molar-refractivity contribution in [2.45, 2.75) is 31.1 Å². The van der Waals surface area contributed by atoms with E-state index in [4.69, 9.17) is 5.11 Å². The first kappa shape index (κ1) is 16.9. The number of benzene rings is 1. The van der Waals surface area contributed by atoms with Crippen molar-refractivity contribution in [3.63, 3.8) is 0 Å². The van der Waals surface area contributed by atoms with Crippen LogP contribution in [-0.4, -0.2) is 59.5 Å². The second-order valence-corrected chi connectivity index (χ2v) is 6.63. The van der Waals surface area contributed by atoms with E-state index in [1.54, 1.807) is 15.9 Å². The van der Waals surface area contributed by atoms with E-state index >= 15 is 0 Å². The van der Waals surface area contributed by atoms with Crippen molar-refractivity contribution in [1.29, 1.82) is 0 Å². The molecule has 1 aliphatic heterocycles. The summed E-state index contributed by atoms with van der Waals surface area (Å²) in [5.74, 6) is -0.575. The van der Waals surface area contributed by atoms with Gasteiger partial charge in [-0.25, -0.2) is 4.39 Å². The Morgan fingerprint density at radius 1 is 1.08 bits per heavy atom. The number of nitrogens with zero attached hydrogens (tertiary/aromatic N) is 2. The highest BCUT2D eigenvalue weighted by atomic mass is 19.1. The van der Waals surface area contributed by atoms with Gasteiger partial charge in [0.1, 0.15) is 12.4 Å². The number of piperazine rings is 1. The summed E-state index contributed by atoms with van der Waals surface area (Å²) in [7, 11) is 0. The van der Waals surface area contributed by atoms with Crippen molar-refractivity contribution in [1.82, 2.24) is 9.80 Å². The van der Waals surface area contributed by atoms with Gasteiger partial charge in [0.05, 0.1) is 5.41 Å². The number of rotatable bonds is 3. The first-order valence-electron chi connectivity index (χ1n) is 8.51. The van der Waals surface area contributed by atoms with Crippen LogP contribution in [0.25, 0.3) is 0 Å². The Morgan fingerprint density at radius 3 is 2.29 bits per heavy atom. The summed E-state index contributed by atoms with van der Waals surface area (Å²) in [6.45, 7) is 1.29. The molecule has 5 nitrogen and oxygen atoms in total. The first-order chi connectivity index (χ1) is 11.6. The smallest absolute Gasteiger partial charge is 0.248 e. The Morgan fingerprint density at radius 2 is 1.71 bits per heavy atom. The number of hydrogen-bond donors (Lipinski definition) is 1. The lowest BCUT2D eigenvalue weighted by molar-refractivity contribution is -0.144. The Hall–Kier alpha value is -1.95. The molecule has 0 bridgehead atoms. The maximum absolute atomic E-state index is 13.7. The van der Waals surface area contributed by atoms with Crippen LogP contribution in [0.15, 0.2) is 24.3 Å². The third-order valence-electron chi connectivity index (χ3n) is 5.30. The highest BCUT2D eigenvalue weighted by Crippen LogP contribution is 2.43. The monoisotopic (exact) mass is 334 g/mol. The van der Waals surface area contributed by atoms with Crippen molar-refractivity contribution in [3.8, 4) is 0 Å². The average Bonchev–Trinajstić information content (AvgIpc) is 3.11. The molecule has 3 rings (SSSR count). The summed E-state index contributed by atoms with van der Waals surface area (Å²) < 4.78 is 13.7. The van der Waals surface area contributed by atoms with Gasteiger partial charge in [-0.2, -0.15) is 0 Å². The van der Waals surface area contributed by atoms with Gasteiger partial charge in [0.15, 0.2) is 0 Å². The molecule has 2 amide bonds. The van der Waals surface area contributed by atoms with Gasteiger partial charge in [-0.05, 0) is 30.5 Å². The number of aliphatic hydroxyl groups is 1. The molecule has 0 spiro atoms. The zero-order valence-electron chi connectivity index (χ0n) is 13.7. The number of aliphatic hydroxyl groups excluding tert-OH is 1. The predicted molar refractivity (Wildman–Crippen MR) is 86.8 cm³/mol. The quantitative estimate of drug-likeness (QED) is 0.906. The van der Waals surface area contributed by atoms with Gasteiger partial charge in [-0.1, -0.05) is 25.0 Å². The van der Waals surface area contributed by atoms with E-state index in [9.17, 15) is 14.0 Å². The van der Waals surface area contributed by atoms with Crippen molar-refractivity contribution in [2.24, 2.45) is 0 Å². The molecule has 0 aromatic heterocycles. The highest BCUT2D eigenvalue weighted by molar-refractivity contribution is 5.89. The molecule has 1 saturated heterocycles. The van der Waals surface area contributed by atoms with Gasteiger partial charge in [-0.15, -0.1) is 0 Å². The molecule has 1 aromatic carbocycles. The maximum Gasteiger partial charge on any atom is 0.248 e. The Kier molecular flexibility index (Phi) is 4.85. The third-order valence-corrected chi connectivity index (χ3v) is 5.30. The SMILES string of the molecule is O=C(CO)N1CCN(C(=O)C2(c3cccc(F)c3)CCCC2)CC1. The van der Waals surface area contributed by atoms with Crippen LogP contribution < -0.4 is 0 Å². The second kappa shape index (κ2) is 6.89. The van der Waals surface area contributed by atoms with E-state index in [-0.39, 0.29) is 17.6 Å².